The first kappa shape index (κ1) is 13.6. The summed E-state index contributed by atoms with van der Waals surface area (Å²) in [7, 11) is 0. The Hall–Kier alpha value is -1.33. The smallest absolute Gasteiger partial charge is 0.143 e. The van der Waals surface area contributed by atoms with Gasteiger partial charge < -0.3 is 19.7 Å². The van der Waals surface area contributed by atoms with E-state index in [1.165, 1.54) is 6.07 Å². The minimum absolute atomic E-state index is 0.218. The summed E-state index contributed by atoms with van der Waals surface area (Å²) in [5.74, 6) is 0.573. The van der Waals surface area contributed by atoms with Crippen molar-refractivity contribution in [3.05, 3.63) is 24.0 Å². The van der Waals surface area contributed by atoms with Crippen LogP contribution in [0.3, 0.4) is 0 Å². The summed E-state index contributed by atoms with van der Waals surface area (Å²) in [4.78, 5) is 2.14. The van der Waals surface area contributed by atoms with Crippen LogP contribution in [-0.2, 0) is 4.74 Å². The average Bonchev–Trinajstić information content (AvgIpc) is 2.51. The van der Waals surface area contributed by atoms with Crippen LogP contribution in [0.15, 0.2) is 18.2 Å². The maximum Gasteiger partial charge on any atom is 0.143 e. The van der Waals surface area contributed by atoms with E-state index in [4.69, 9.17) is 9.47 Å². The molecule has 0 aliphatic carbocycles. The first-order valence-corrected chi connectivity index (χ1v) is 7.32. The lowest BCUT2D eigenvalue weighted by Gasteiger charge is -2.32. The number of benzene rings is 1. The van der Waals surface area contributed by atoms with Crippen LogP contribution in [0.5, 0.6) is 5.75 Å². The molecule has 2 aliphatic heterocycles. The molecule has 2 aliphatic rings. The molecule has 5 heteroatoms. The van der Waals surface area contributed by atoms with Crippen molar-refractivity contribution in [2.45, 2.75) is 18.9 Å². The number of hydrogen-bond acceptors (Lipinski definition) is 4. The monoisotopic (exact) mass is 280 g/mol. The predicted molar refractivity (Wildman–Crippen MR) is 76.0 cm³/mol. The Bertz CT molecular complexity index is 443. The van der Waals surface area contributed by atoms with Crippen LogP contribution < -0.4 is 15.0 Å². The fourth-order valence-electron chi connectivity index (χ4n) is 2.73. The Kier molecular flexibility index (Phi) is 4.38. The second kappa shape index (κ2) is 6.41. The van der Waals surface area contributed by atoms with E-state index in [-0.39, 0.29) is 11.9 Å². The zero-order chi connectivity index (χ0) is 13.8. The van der Waals surface area contributed by atoms with Gasteiger partial charge in [-0.3, -0.25) is 0 Å². The van der Waals surface area contributed by atoms with Crippen molar-refractivity contribution in [1.29, 1.82) is 0 Å². The summed E-state index contributed by atoms with van der Waals surface area (Å²) < 4.78 is 25.0. The maximum absolute atomic E-state index is 13.6. The molecule has 2 heterocycles. The van der Waals surface area contributed by atoms with Gasteiger partial charge in [0.25, 0.3) is 0 Å². The molecule has 0 amide bonds. The summed E-state index contributed by atoms with van der Waals surface area (Å²) in [6.07, 6.45) is 2.22. The lowest BCUT2D eigenvalue weighted by Crippen LogP contribution is -2.37. The largest absolute Gasteiger partial charge is 0.488 e. The molecule has 2 saturated heterocycles. The Morgan fingerprint density at radius 2 is 1.95 bits per heavy atom. The SMILES string of the molecule is Fc1ccc(OC2CCNCC2)c(N2CCOCC2)c1. The standard InChI is InChI=1S/C15H21FN2O2/c16-12-1-2-15(20-13-3-5-17-6-4-13)14(11-12)18-7-9-19-10-8-18/h1-2,11,13,17H,3-10H2. The molecule has 0 unspecified atom stereocenters. The summed E-state index contributed by atoms with van der Waals surface area (Å²) in [6, 6.07) is 4.80. The van der Waals surface area contributed by atoms with Gasteiger partial charge in [-0.05, 0) is 38.1 Å². The fourth-order valence-corrected chi connectivity index (χ4v) is 2.73. The van der Waals surface area contributed by atoms with Crippen molar-refractivity contribution >= 4 is 5.69 Å². The summed E-state index contributed by atoms with van der Waals surface area (Å²) in [6.45, 7) is 4.90. The van der Waals surface area contributed by atoms with Gasteiger partial charge in [0.1, 0.15) is 17.7 Å². The van der Waals surface area contributed by atoms with E-state index in [9.17, 15) is 4.39 Å². The third-order valence-corrected chi connectivity index (χ3v) is 3.85. The van der Waals surface area contributed by atoms with Crippen molar-refractivity contribution in [1.82, 2.24) is 5.32 Å². The molecule has 1 aromatic rings. The highest BCUT2D eigenvalue weighted by molar-refractivity contribution is 5.59. The van der Waals surface area contributed by atoms with Crippen LogP contribution >= 0.6 is 0 Å². The number of hydrogen-bond donors (Lipinski definition) is 1. The molecule has 1 N–H and O–H groups in total. The van der Waals surface area contributed by atoms with E-state index in [0.29, 0.717) is 13.2 Å². The molecule has 20 heavy (non-hydrogen) atoms. The van der Waals surface area contributed by atoms with Crippen molar-refractivity contribution in [3.63, 3.8) is 0 Å². The van der Waals surface area contributed by atoms with Crippen molar-refractivity contribution < 1.29 is 13.9 Å². The van der Waals surface area contributed by atoms with Gasteiger partial charge in [0, 0.05) is 19.2 Å². The third-order valence-electron chi connectivity index (χ3n) is 3.85. The van der Waals surface area contributed by atoms with Gasteiger partial charge in [-0.15, -0.1) is 0 Å². The first-order chi connectivity index (χ1) is 9.83. The zero-order valence-corrected chi connectivity index (χ0v) is 11.6. The van der Waals surface area contributed by atoms with Crippen molar-refractivity contribution in [3.8, 4) is 5.75 Å². The highest BCUT2D eigenvalue weighted by Gasteiger charge is 2.20. The fraction of sp³-hybridized carbons (Fsp3) is 0.600. The van der Waals surface area contributed by atoms with Gasteiger partial charge in [0.15, 0.2) is 0 Å². The van der Waals surface area contributed by atoms with E-state index in [2.05, 4.69) is 10.2 Å². The van der Waals surface area contributed by atoms with E-state index >= 15 is 0 Å². The molecule has 2 fully saturated rings. The number of anilines is 1. The van der Waals surface area contributed by atoms with E-state index in [1.807, 2.05) is 0 Å². The molecular formula is C15H21FN2O2. The Morgan fingerprint density at radius 1 is 1.20 bits per heavy atom. The van der Waals surface area contributed by atoms with Crippen LogP contribution in [0, 0.1) is 5.82 Å². The van der Waals surface area contributed by atoms with Gasteiger partial charge in [0.05, 0.1) is 18.9 Å². The third kappa shape index (κ3) is 3.22. The lowest BCUT2D eigenvalue weighted by atomic mass is 10.1. The van der Waals surface area contributed by atoms with Crippen LogP contribution in [0.1, 0.15) is 12.8 Å². The second-order valence-corrected chi connectivity index (χ2v) is 5.28. The molecule has 0 atom stereocenters. The Morgan fingerprint density at radius 3 is 2.70 bits per heavy atom. The van der Waals surface area contributed by atoms with E-state index in [1.54, 1.807) is 12.1 Å². The number of nitrogens with zero attached hydrogens (tertiary/aromatic N) is 1. The molecule has 4 nitrogen and oxygen atoms in total. The van der Waals surface area contributed by atoms with Gasteiger partial charge in [-0.25, -0.2) is 4.39 Å². The summed E-state index contributed by atoms with van der Waals surface area (Å²) in [5.41, 5.74) is 0.854. The minimum atomic E-state index is -0.218. The van der Waals surface area contributed by atoms with Crippen LogP contribution in [-0.4, -0.2) is 45.5 Å². The Balaban J connectivity index is 1.77. The molecular weight excluding hydrogens is 259 g/mol. The molecule has 0 spiro atoms. The molecule has 0 radical (unpaired) electrons. The van der Waals surface area contributed by atoms with Crippen LogP contribution in [0.2, 0.25) is 0 Å². The molecule has 0 saturated carbocycles. The topological polar surface area (TPSA) is 33.7 Å². The summed E-state index contributed by atoms with van der Waals surface area (Å²) in [5, 5.41) is 3.32. The van der Waals surface area contributed by atoms with Crippen LogP contribution in [0.4, 0.5) is 10.1 Å². The number of piperidine rings is 1. The number of nitrogens with one attached hydrogen (secondary N) is 1. The Labute approximate surface area is 118 Å². The van der Waals surface area contributed by atoms with Gasteiger partial charge in [-0.2, -0.15) is 0 Å². The highest BCUT2D eigenvalue weighted by atomic mass is 19.1. The predicted octanol–water partition coefficient (Wildman–Crippen LogP) is 1.79. The van der Waals surface area contributed by atoms with Crippen molar-refractivity contribution in [2.75, 3.05) is 44.3 Å². The van der Waals surface area contributed by atoms with Crippen LogP contribution in [0.25, 0.3) is 0 Å². The quantitative estimate of drug-likeness (QED) is 0.915. The van der Waals surface area contributed by atoms with Gasteiger partial charge >= 0.3 is 0 Å². The number of rotatable bonds is 3. The second-order valence-electron chi connectivity index (χ2n) is 5.28. The highest BCUT2D eigenvalue weighted by Crippen LogP contribution is 2.31. The summed E-state index contributed by atoms with van der Waals surface area (Å²) >= 11 is 0. The molecule has 110 valence electrons. The van der Waals surface area contributed by atoms with Crippen molar-refractivity contribution in [2.24, 2.45) is 0 Å². The molecule has 0 bridgehead atoms. The average molecular weight is 280 g/mol. The number of ether oxygens (including phenoxy) is 2. The molecule has 3 rings (SSSR count). The lowest BCUT2D eigenvalue weighted by molar-refractivity contribution is 0.121. The molecule has 0 aromatic heterocycles. The van der Waals surface area contributed by atoms with E-state index < -0.39 is 0 Å². The first-order valence-electron chi connectivity index (χ1n) is 7.32. The van der Waals surface area contributed by atoms with Gasteiger partial charge in [0.2, 0.25) is 0 Å². The maximum atomic E-state index is 13.6. The number of halogens is 1. The molecule has 1 aromatic carbocycles. The van der Waals surface area contributed by atoms with E-state index in [0.717, 1.165) is 50.5 Å². The van der Waals surface area contributed by atoms with Gasteiger partial charge in [-0.1, -0.05) is 0 Å². The number of morpholine rings is 1. The zero-order valence-electron chi connectivity index (χ0n) is 11.6. The normalized spacial score (nSPS) is 20.9. The minimum Gasteiger partial charge on any atom is -0.488 e.